The molecule has 0 fully saturated rings. The monoisotopic (exact) mass is 487 g/mol. The Bertz CT molecular complexity index is 1400. The number of imidazole rings is 1. The molecule has 164 valence electrons. The van der Waals surface area contributed by atoms with E-state index in [1.165, 1.54) is 13.2 Å². The number of hydrogen-bond acceptors (Lipinski definition) is 4. The van der Waals surface area contributed by atoms with Gasteiger partial charge in [0.05, 0.1) is 45.4 Å². The minimum Gasteiger partial charge on any atom is -0.494 e. The lowest BCUT2D eigenvalue weighted by Gasteiger charge is -2.15. The van der Waals surface area contributed by atoms with Gasteiger partial charge in [0.15, 0.2) is 0 Å². The Kier molecular flexibility index (Phi) is 6.15. The summed E-state index contributed by atoms with van der Waals surface area (Å²) in [6, 6.07) is 16.8. The second kappa shape index (κ2) is 8.86. The van der Waals surface area contributed by atoms with Crippen LogP contribution < -0.4 is 9.46 Å². The average molecular weight is 488 g/mol. The normalized spacial score (nSPS) is 11.4. The van der Waals surface area contributed by atoms with Crippen LogP contribution in [0.1, 0.15) is 5.69 Å². The van der Waals surface area contributed by atoms with E-state index in [4.69, 9.17) is 27.9 Å². The van der Waals surface area contributed by atoms with Gasteiger partial charge in [-0.1, -0.05) is 53.5 Å². The van der Waals surface area contributed by atoms with E-state index < -0.39 is 10.0 Å². The number of hydrogen-bond donors (Lipinski definition) is 1. The average Bonchev–Trinajstić information content (AvgIpc) is 3.21. The molecule has 0 aliphatic rings. The van der Waals surface area contributed by atoms with Crippen molar-refractivity contribution in [2.45, 2.75) is 11.8 Å². The maximum Gasteiger partial charge on any atom is 0.262 e. The summed E-state index contributed by atoms with van der Waals surface area (Å²) >= 11 is 12.5. The summed E-state index contributed by atoms with van der Waals surface area (Å²) in [5.74, 6) is 0.494. The van der Waals surface area contributed by atoms with Crippen LogP contribution in [0.25, 0.3) is 16.8 Å². The molecule has 32 heavy (non-hydrogen) atoms. The largest absolute Gasteiger partial charge is 0.494 e. The number of rotatable bonds is 6. The quantitative estimate of drug-likeness (QED) is 0.363. The SMILES string of the molecule is COc1cc(NS(=O)(=O)c2ccccc2-c2cccc(Cl)c2Cl)ccc1-n1cnc(C)c1. The molecule has 3 aromatic carbocycles. The van der Waals surface area contributed by atoms with Gasteiger partial charge in [0.2, 0.25) is 0 Å². The first-order valence-corrected chi connectivity index (χ1v) is 11.8. The molecule has 0 atom stereocenters. The minimum atomic E-state index is -3.95. The molecular weight excluding hydrogens is 469 g/mol. The molecule has 4 aromatic rings. The molecule has 1 heterocycles. The van der Waals surface area contributed by atoms with Gasteiger partial charge in [-0.3, -0.25) is 4.72 Å². The number of anilines is 1. The lowest BCUT2D eigenvalue weighted by atomic mass is 10.1. The summed E-state index contributed by atoms with van der Waals surface area (Å²) in [5, 5.41) is 0.637. The number of halogens is 2. The Morgan fingerprint density at radius 2 is 1.75 bits per heavy atom. The van der Waals surface area contributed by atoms with Gasteiger partial charge in [0.25, 0.3) is 10.0 Å². The van der Waals surface area contributed by atoms with Gasteiger partial charge in [0.1, 0.15) is 5.75 Å². The van der Waals surface area contributed by atoms with Crippen LogP contribution in [0.4, 0.5) is 5.69 Å². The molecule has 0 unspecified atom stereocenters. The summed E-state index contributed by atoms with van der Waals surface area (Å²) in [6.45, 7) is 1.88. The van der Waals surface area contributed by atoms with Gasteiger partial charge in [-0.25, -0.2) is 13.4 Å². The van der Waals surface area contributed by atoms with Crippen molar-refractivity contribution in [3.05, 3.63) is 88.9 Å². The summed E-state index contributed by atoms with van der Waals surface area (Å²) in [4.78, 5) is 4.30. The third-order valence-electron chi connectivity index (χ3n) is 4.84. The van der Waals surface area contributed by atoms with Crippen molar-refractivity contribution >= 4 is 38.9 Å². The van der Waals surface area contributed by atoms with E-state index in [2.05, 4.69) is 9.71 Å². The predicted molar refractivity (Wildman–Crippen MR) is 128 cm³/mol. The molecule has 0 aliphatic heterocycles. The van der Waals surface area contributed by atoms with Gasteiger partial charge in [-0.05, 0) is 31.2 Å². The van der Waals surface area contributed by atoms with Gasteiger partial charge >= 0.3 is 0 Å². The minimum absolute atomic E-state index is 0.0810. The summed E-state index contributed by atoms with van der Waals surface area (Å²) in [7, 11) is -2.42. The van der Waals surface area contributed by atoms with Crippen molar-refractivity contribution in [2.24, 2.45) is 0 Å². The summed E-state index contributed by atoms with van der Waals surface area (Å²) < 4.78 is 36.5. The van der Waals surface area contributed by atoms with Gasteiger partial charge in [-0.15, -0.1) is 0 Å². The molecule has 0 aliphatic carbocycles. The van der Waals surface area contributed by atoms with Gasteiger partial charge in [0, 0.05) is 23.4 Å². The van der Waals surface area contributed by atoms with Crippen LogP contribution in [0.2, 0.25) is 10.0 Å². The Hall–Kier alpha value is -3.00. The second-order valence-corrected chi connectivity index (χ2v) is 9.45. The van der Waals surface area contributed by atoms with Crippen molar-refractivity contribution < 1.29 is 13.2 Å². The van der Waals surface area contributed by atoms with E-state index in [-0.39, 0.29) is 4.90 Å². The maximum atomic E-state index is 13.3. The zero-order valence-electron chi connectivity index (χ0n) is 17.2. The van der Waals surface area contributed by atoms with Crippen molar-refractivity contribution in [3.8, 4) is 22.6 Å². The lowest BCUT2D eigenvalue weighted by molar-refractivity contribution is 0.413. The highest BCUT2D eigenvalue weighted by Crippen LogP contribution is 2.37. The first-order valence-electron chi connectivity index (χ1n) is 9.55. The fourth-order valence-electron chi connectivity index (χ4n) is 3.35. The first-order chi connectivity index (χ1) is 15.3. The number of benzene rings is 3. The molecule has 0 radical (unpaired) electrons. The molecule has 9 heteroatoms. The van der Waals surface area contributed by atoms with Gasteiger partial charge < -0.3 is 9.30 Å². The molecule has 1 N–H and O–H groups in total. The maximum absolute atomic E-state index is 13.3. The van der Waals surface area contributed by atoms with E-state index in [0.29, 0.717) is 32.6 Å². The van der Waals surface area contributed by atoms with Crippen LogP contribution in [-0.4, -0.2) is 25.1 Å². The van der Waals surface area contributed by atoms with Crippen LogP contribution >= 0.6 is 23.2 Å². The molecule has 0 saturated heterocycles. The molecule has 0 bridgehead atoms. The summed E-state index contributed by atoms with van der Waals surface area (Å²) in [5.41, 5.74) is 2.93. The highest BCUT2D eigenvalue weighted by Gasteiger charge is 2.22. The van der Waals surface area contributed by atoms with Crippen molar-refractivity contribution in [3.63, 3.8) is 0 Å². The standard InChI is InChI=1S/C23H19Cl2N3O3S/c1-15-13-28(14-26-15)20-11-10-16(12-21(20)31-2)27-32(29,30)22-9-4-3-6-17(22)18-7-5-8-19(24)23(18)25/h3-14,27H,1-2H3. The molecule has 4 rings (SSSR count). The molecule has 0 saturated carbocycles. The topological polar surface area (TPSA) is 73.2 Å². The van der Waals surface area contributed by atoms with Crippen LogP contribution in [0.15, 0.2) is 78.1 Å². The van der Waals surface area contributed by atoms with Crippen molar-refractivity contribution in [2.75, 3.05) is 11.8 Å². The van der Waals surface area contributed by atoms with E-state index in [1.54, 1.807) is 60.9 Å². The molecule has 1 aromatic heterocycles. The third kappa shape index (κ3) is 4.32. The van der Waals surface area contributed by atoms with E-state index in [9.17, 15) is 8.42 Å². The highest BCUT2D eigenvalue weighted by molar-refractivity contribution is 7.92. The van der Waals surface area contributed by atoms with Crippen LogP contribution in [0, 0.1) is 6.92 Å². The third-order valence-corrected chi connectivity index (χ3v) is 7.10. The zero-order valence-corrected chi connectivity index (χ0v) is 19.5. The molecule has 0 amide bonds. The molecule has 6 nitrogen and oxygen atoms in total. The smallest absolute Gasteiger partial charge is 0.262 e. The lowest BCUT2D eigenvalue weighted by Crippen LogP contribution is -2.14. The number of nitrogens with one attached hydrogen (secondary N) is 1. The Labute approximate surface area is 196 Å². The Balaban J connectivity index is 1.73. The Morgan fingerprint density at radius 3 is 2.47 bits per heavy atom. The number of sulfonamides is 1. The summed E-state index contributed by atoms with van der Waals surface area (Å²) in [6.07, 6.45) is 3.52. The van der Waals surface area contributed by atoms with E-state index in [1.807, 2.05) is 17.7 Å². The van der Waals surface area contributed by atoms with Gasteiger partial charge in [-0.2, -0.15) is 0 Å². The second-order valence-electron chi connectivity index (χ2n) is 7.01. The van der Waals surface area contributed by atoms with Crippen molar-refractivity contribution in [1.29, 1.82) is 0 Å². The number of nitrogens with zero attached hydrogens (tertiary/aromatic N) is 2. The van der Waals surface area contributed by atoms with E-state index >= 15 is 0 Å². The van der Waals surface area contributed by atoms with Crippen LogP contribution in [0.5, 0.6) is 5.75 Å². The Morgan fingerprint density at radius 1 is 1.00 bits per heavy atom. The zero-order chi connectivity index (χ0) is 22.9. The van der Waals surface area contributed by atoms with Crippen LogP contribution in [0.3, 0.4) is 0 Å². The van der Waals surface area contributed by atoms with E-state index in [0.717, 1.165) is 11.4 Å². The predicted octanol–water partition coefficient (Wildman–Crippen LogP) is 5.96. The fraction of sp³-hybridized carbons (Fsp3) is 0.0870. The number of methoxy groups -OCH3 is 1. The number of aryl methyl sites for hydroxylation is 1. The van der Waals surface area contributed by atoms with Crippen LogP contribution in [-0.2, 0) is 10.0 Å². The number of aromatic nitrogens is 2. The molecule has 0 spiro atoms. The number of ether oxygens (including phenoxy) is 1. The highest BCUT2D eigenvalue weighted by atomic mass is 35.5. The van der Waals surface area contributed by atoms with Crippen molar-refractivity contribution in [1.82, 2.24) is 9.55 Å². The molecular formula is C23H19Cl2N3O3S. The first kappa shape index (κ1) is 22.2. The fourth-order valence-corrected chi connectivity index (χ4v) is 5.03.